The van der Waals surface area contributed by atoms with Crippen molar-refractivity contribution in [3.8, 4) is 0 Å². The molecule has 4 aliphatic rings. The molecule has 1 amide bonds. The van der Waals surface area contributed by atoms with Gasteiger partial charge < -0.3 is 9.74 Å². The number of hydrogen-bond donors (Lipinski definition) is 1. The molecule has 2 aliphatic carbocycles. The van der Waals surface area contributed by atoms with Gasteiger partial charge >= 0.3 is 0 Å². The number of piperidine rings is 1. The van der Waals surface area contributed by atoms with Gasteiger partial charge in [-0.05, 0) is 36.7 Å². The van der Waals surface area contributed by atoms with Crippen molar-refractivity contribution in [2.75, 3.05) is 13.1 Å². The molecule has 2 aliphatic heterocycles. The number of likely N-dealkylation sites (tertiary alicyclic amines) is 1. The molecule has 128 valence electrons. The quantitative estimate of drug-likeness (QED) is 0.927. The van der Waals surface area contributed by atoms with E-state index in [1.807, 2.05) is 11.0 Å². The smallest absolute Gasteiger partial charge is 0.274 e. The molecule has 1 aromatic rings. The Kier molecular flexibility index (Phi) is 2.66. The zero-order valence-corrected chi connectivity index (χ0v) is 14.5. The maximum atomic E-state index is 12.7. The van der Waals surface area contributed by atoms with Gasteiger partial charge in [0.1, 0.15) is 11.3 Å². The van der Waals surface area contributed by atoms with Crippen LogP contribution in [0.5, 0.6) is 0 Å². The number of fused-ring (bicyclic) bond motifs is 1. The number of hydrogen-bond acceptors (Lipinski definition) is 4. The molecule has 3 fully saturated rings. The Bertz CT molecular complexity index is 734. The van der Waals surface area contributed by atoms with E-state index in [0.717, 1.165) is 38.0 Å². The van der Waals surface area contributed by atoms with Crippen LogP contribution >= 0.6 is 0 Å². The molecule has 2 saturated carbocycles. The summed E-state index contributed by atoms with van der Waals surface area (Å²) < 4.78 is 0. The topological polar surface area (TPSA) is 70.6 Å². The monoisotopic (exact) mass is 328 g/mol. The Morgan fingerprint density at radius 1 is 1.38 bits per heavy atom. The zero-order chi connectivity index (χ0) is 16.7. The molecular formula is C18H24N4O2. The van der Waals surface area contributed by atoms with E-state index in [9.17, 15) is 4.79 Å². The summed E-state index contributed by atoms with van der Waals surface area (Å²) in [5.74, 6) is 1.46. The molecule has 3 atom stereocenters. The fourth-order valence-corrected chi connectivity index (χ4v) is 4.60. The van der Waals surface area contributed by atoms with E-state index < -0.39 is 0 Å². The van der Waals surface area contributed by atoms with Gasteiger partial charge in [0, 0.05) is 30.6 Å². The van der Waals surface area contributed by atoms with Gasteiger partial charge in [-0.1, -0.05) is 25.9 Å². The molecule has 1 aromatic heterocycles. The number of nitrogens with zero attached hydrogens (tertiary/aromatic N) is 3. The number of aromatic nitrogens is 2. The van der Waals surface area contributed by atoms with Crippen molar-refractivity contribution in [1.29, 1.82) is 0 Å². The molecule has 5 rings (SSSR count). The van der Waals surface area contributed by atoms with E-state index in [-0.39, 0.29) is 16.9 Å². The highest BCUT2D eigenvalue weighted by Gasteiger charge is 2.70. The standard InChI is InChI=1S/C18H24N4O2/c1-10(2)13-6-14(20-19-13)16(23)22-8-11-12(9-22)17(11,3)15-7-18(4-5-18)24-21-15/h6,10-12H,4-5,7-9H2,1-3H3,(H,19,20)/t11-,12+,17?. The van der Waals surface area contributed by atoms with Crippen molar-refractivity contribution >= 4 is 11.6 Å². The van der Waals surface area contributed by atoms with Crippen molar-refractivity contribution < 1.29 is 9.63 Å². The maximum Gasteiger partial charge on any atom is 0.274 e. The molecular weight excluding hydrogens is 304 g/mol. The minimum Gasteiger partial charge on any atom is -0.389 e. The van der Waals surface area contributed by atoms with Crippen LogP contribution in [0.4, 0.5) is 0 Å². The van der Waals surface area contributed by atoms with E-state index in [2.05, 4.69) is 36.1 Å². The predicted octanol–water partition coefficient (Wildman–Crippen LogP) is 2.55. The second kappa shape index (κ2) is 4.41. The van der Waals surface area contributed by atoms with E-state index in [4.69, 9.17) is 4.84 Å². The highest BCUT2D eigenvalue weighted by Crippen LogP contribution is 2.66. The molecule has 0 radical (unpaired) electrons. The van der Waals surface area contributed by atoms with E-state index >= 15 is 0 Å². The Labute approximate surface area is 141 Å². The van der Waals surface area contributed by atoms with Gasteiger partial charge in [-0.3, -0.25) is 9.89 Å². The summed E-state index contributed by atoms with van der Waals surface area (Å²) in [6.45, 7) is 8.12. The number of carbonyl (C=O) groups is 1. The first-order chi connectivity index (χ1) is 11.4. The van der Waals surface area contributed by atoms with Crippen LogP contribution in [0.25, 0.3) is 0 Å². The summed E-state index contributed by atoms with van der Waals surface area (Å²) in [5, 5.41) is 11.6. The van der Waals surface area contributed by atoms with Crippen molar-refractivity contribution in [3.63, 3.8) is 0 Å². The van der Waals surface area contributed by atoms with Crippen LogP contribution in [0.1, 0.15) is 62.1 Å². The number of carbonyl (C=O) groups excluding carboxylic acids is 1. The summed E-state index contributed by atoms with van der Waals surface area (Å²) in [4.78, 5) is 20.3. The molecule has 24 heavy (non-hydrogen) atoms. The Hall–Kier alpha value is -1.85. The van der Waals surface area contributed by atoms with Crippen molar-refractivity contribution in [1.82, 2.24) is 15.1 Å². The van der Waals surface area contributed by atoms with E-state index in [0.29, 0.717) is 23.4 Å². The third-order valence-corrected chi connectivity index (χ3v) is 6.75. The van der Waals surface area contributed by atoms with Gasteiger partial charge in [0.15, 0.2) is 0 Å². The van der Waals surface area contributed by atoms with Crippen LogP contribution in [-0.4, -0.2) is 45.4 Å². The summed E-state index contributed by atoms with van der Waals surface area (Å²) in [5.41, 5.74) is 3.01. The van der Waals surface area contributed by atoms with Crippen LogP contribution in [0.2, 0.25) is 0 Å². The van der Waals surface area contributed by atoms with Gasteiger partial charge in [0.2, 0.25) is 0 Å². The minimum absolute atomic E-state index is 0.0518. The fraction of sp³-hybridized carbons (Fsp3) is 0.722. The van der Waals surface area contributed by atoms with Crippen LogP contribution < -0.4 is 0 Å². The summed E-state index contributed by atoms with van der Waals surface area (Å²) in [7, 11) is 0. The van der Waals surface area contributed by atoms with Crippen molar-refractivity contribution in [2.45, 2.75) is 51.6 Å². The van der Waals surface area contributed by atoms with Gasteiger partial charge in [-0.2, -0.15) is 5.10 Å². The summed E-state index contributed by atoms with van der Waals surface area (Å²) in [6.07, 6.45) is 3.29. The lowest BCUT2D eigenvalue weighted by Gasteiger charge is -2.23. The third-order valence-electron chi connectivity index (χ3n) is 6.75. The van der Waals surface area contributed by atoms with Crippen LogP contribution in [0.15, 0.2) is 11.2 Å². The second-order valence-electron chi connectivity index (χ2n) is 8.56. The first-order valence-corrected chi connectivity index (χ1v) is 9.03. The predicted molar refractivity (Wildman–Crippen MR) is 88.8 cm³/mol. The molecule has 1 unspecified atom stereocenters. The van der Waals surface area contributed by atoms with Crippen LogP contribution in [-0.2, 0) is 4.84 Å². The summed E-state index contributed by atoms with van der Waals surface area (Å²) in [6, 6.07) is 1.89. The molecule has 6 heteroatoms. The second-order valence-corrected chi connectivity index (χ2v) is 8.56. The molecule has 1 N–H and O–H groups in total. The average molecular weight is 328 g/mol. The Morgan fingerprint density at radius 2 is 2.08 bits per heavy atom. The maximum absolute atomic E-state index is 12.7. The average Bonchev–Trinajstić information content (AvgIpc) is 3.17. The van der Waals surface area contributed by atoms with Crippen molar-refractivity contribution in [3.05, 3.63) is 17.5 Å². The van der Waals surface area contributed by atoms with Crippen molar-refractivity contribution in [2.24, 2.45) is 22.4 Å². The first kappa shape index (κ1) is 14.5. The van der Waals surface area contributed by atoms with E-state index in [1.54, 1.807) is 0 Å². The first-order valence-electron chi connectivity index (χ1n) is 9.03. The van der Waals surface area contributed by atoms with Gasteiger partial charge in [0.05, 0.1) is 5.71 Å². The minimum atomic E-state index is 0.0518. The normalized spacial score (nSPS) is 35.2. The number of aromatic amines is 1. The molecule has 1 saturated heterocycles. The Balaban J connectivity index is 1.26. The molecule has 0 aromatic carbocycles. The number of rotatable bonds is 3. The van der Waals surface area contributed by atoms with Gasteiger partial charge in [-0.15, -0.1) is 0 Å². The number of H-pyrrole nitrogens is 1. The zero-order valence-electron chi connectivity index (χ0n) is 14.5. The van der Waals surface area contributed by atoms with Crippen LogP contribution in [0.3, 0.4) is 0 Å². The fourth-order valence-electron chi connectivity index (χ4n) is 4.60. The third kappa shape index (κ3) is 1.85. The SMILES string of the molecule is CC(C)c1cc(C(=O)N2C[C@@H]3[C@H](C2)C3(C)C2=NOC3(CC3)C2)n[nH]1. The lowest BCUT2D eigenvalue weighted by Crippen LogP contribution is -2.35. The lowest BCUT2D eigenvalue weighted by molar-refractivity contribution is 0.0650. The number of nitrogens with one attached hydrogen (secondary N) is 1. The van der Waals surface area contributed by atoms with Gasteiger partial charge in [0.25, 0.3) is 5.91 Å². The molecule has 3 heterocycles. The highest BCUT2D eigenvalue weighted by molar-refractivity contribution is 5.97. The Morgan fingerprint density at radius 3 is 2.62 bits per heavy atom. The molecule has 0 bridgehead atoms. The number of amides is 1. The highest BCUT2D eigenvalue weighted by atomic mass is 16.7. The largest absolute Gasteiger partial charge is 0.389 e. The summed E-state index contributed by atoms with van der Waals surface area (Å²) >= 11 is 0. The molecule has 1 spiro atoms. The van der Waals surface area contributed by atoms with Crippen LogP contribution in [0, 0.1) is 17.3 Å². The van der Waals surface area contributed by atoms with E-state index in [1.165, 1.54) is 5.71 Å². The number of oxime groups is 1. The molecule has 6 nitrogen and oxygen atoms in total. The lowest BCUT2D eigenvalue weighted by atomic mass is 9.91. The van der Waals surface area contributed by atoms with Gasteiger partial charge in [-0.25, -0.2) is 0 Å².